The van der Waals surface area contributed by atoms with Gasteiger partial charge < -0.3 is 10.1 Å². The molecule has 5 nitrogen and oxygen atoms in total. The molecule has 1 aromatic carbocycles. The first-order chi connectivity index (χ1) is 11.8. The highest BCUT2D eigenvalue weighted by atomic mass is 32.1. The van der Waals surface area contributed by atoms with Gasteiger partial charge in [0.2, 0.25) is 5.88 Å². The largest absolute Gasteiger partial charge is 0.437 e. The van der Waals surface area contributed by atoms with Gasteiger partial charge in [-0.25, -0.2) is 4.98 Å². The van der Waals surface area contributed by atoms with Gasteiger partial charge in [0, 0.05) is 36.8 Å². The SMILES string of the molecule is CNc1cccc(Oc2nc(-c3ccncc3)nc3ccsc23)c1. The molecule has 3 aromatic heterocycles. The van der Waals surface area contributed by atoms with E-state index in [1.807, 2.05) is 54.9 Å². The second kappa shape index (κ2) is 6.25. The molecule has 0 spiro atoms. The quantitative estimate of drug-likeness (QED) is 0.591. The van der Waals surface area contributed by atoms with Gasteiger partial charge in [-0.05, 0) is 35.7 Å². The zero-order valence-corrected chi connectivity index (χ0v) is 13.7. The smallest absolute Gasteiger partial charge is 0.240 e. The van der Waals surface area contributed by atoms with Gasteiger partial charge in [-0.3, -0.25) is 4.98 Å². The molecule has 1 N–H and O–H groups in total. The van der Waals surface area contributed by atoms with Crippen LogP contribution in [0.5, 0.6) is 11.6 Å². The van der Waals surface area contributed by atoms with Gasteiger partial charge in [-0.15, -0.1) is 11.3 Å². The Bertz CT molecular complexity index is 985. The van der Waals surface area contributed by atoms with Gasteiger partial charge in [0.25, 0.3) is 0 Å². The number of benzene rings is 1. The van der Waals surface area contributed by atoms with E-state index in [1.54, 1.807) is 23.7 Å². The van der Waals surface area contributed by atoms with Crippen LogP contribution in [0.25, 0.3) is 21.6 Å². The maximum Gasteiger partial charge on any atom is 0.240 e. The Morgan fingerprint density at radius 2 is 1.92 bits per heavy atom. The molecule has 24 heavy (non-hydrogen) atoms. The van der Waals surface area contributed by atoms with E-state index in [1.165, 1.54) is 0 Å². The number of thiophene rings is 1. The summed E-state index contributed by atoms with van der Waals surface area (Å²) in [6, 6.07) is 13.5. The minimum Gasteiger partial charge on any atom is -0.437 e. The zero-order chi connectivity index (χ0) is 16.4. The van der Waals surface area contributed by atoms with E-state index in [0.29, 0.717) is 11.7 Å². The van der Waals surface area contributed by atoms with Gasteiger partial charge in [-0.1, -0.05) is 6.07 Å². The third-order valence-corrected chi connectivity index (χ3v) is 4.44. The molecule has 3 heterocycles. The van der Waals surface area contributed by atoms with Crippen LogP contribution < -0.4 is 10.1 Å². The lowest BCUT2D eigenvalue weighted by Crippen LogP contribution is -1.95. The number of anilines is 1. The highest BCUT2D eigenvalue weighted by Crippen LogP contribution is 2.33. The third kappa shape index (κ3) is 2.79. The van der Waals surface area contributed by atoms with Crippen LogP contribution in [0.3, 0.4) is 0 Å². The van der Waals surface area contributed by atoms with E-state index in [-0.39, 0.29) is 0 Å². The van der Waals surface area contributed by atoms with Gasteiger partial charge in [-0.2, -0.15) is 4.98 Å². The molecular formula is C18H14N4OS. The zero-order valence-electron chi connectivity index (χ0n) is 12.9. The van der Waals surface area contributed by atoms with Crippen molar-refractivity contribution in [1.82, 2.24) is 15.0 Å². The average Bonchev–Trinajstić information content (AvgIpc) is 3.11. The second-order valence-electron chi connectivity index (χ2n) is 5.10. The molecule has 0 unspecified atom stereocenters. The number of pyridine rings is 1. The lowest BCUT2D eigenvalue weighted by Gasteiger charge is -2.09. The Hall–Kier alpha value is -2.99. The number of fused-ring (bicyclic) bond motifs is 1. The molecule has 118 valence electrons. The summed E-state index contributed by atoms with van der Waals surface area (Å²) in [6.45, 7) is 0. The van der Waals surface area contributed by atoms with Crippen LogP contribution in [0.2, 0.25) is 0 Å². The van der Waals surface area contributed by atoms with Crippen molar-refractivity contribution in [2.24, 2.45) is 0 Å². The minimum atomic E-state index is 0.565. The maximum absolute atomic E-state index is 6.06. The van der Waals surface area contributed by atoms with Crippen molar-refractivity contribution >= 4 is 27.2 Å². The Labute approximate surface area is 143 Å². The van der Waals surface area contributed by atoms with E-state index in [2.05, 4.69) is 20.3 Å². The summed E-state index contributed by atoms with van der Waals surface area (Å²) in [6.07, 6.45) is 3.46. The lowest BCUT2D eigenvalue weighted by molar-refractivity contribution is 0.470. The van der Waals surface area contributed by atoms with Crippen LogP contribution in [-0.4, -0.2) is 22.0 Å². The van der Waals surface area contributed by atoms with E-state index >= 15 is 0 Å². The fourth-order valence-corrected chi connectivity index (χ4v) is 3.12. The minimum absolute atomic E-state index is 0.565. The third-order valence-electron chi connectivity index (χ3n) is 3.55. The summed E-state index contributed by atoms with van der Waals surface area (Å²) < 4.78 is 6.99. The molecule has 0 saturated carbocycles. The number of nitrogens with one attached hydrogen (secondary N) is 1. The fraction of sp³-hybridized carbons (Fsp3) is 0.0556. The number of aromatic nitrogens is 3. The van der Waals surface area contributed by atoms with Crippen molar-refractivity contribution < 1.29 is 4.74 Å². The first-order valence-electron chi connectivity index (χ1n) is 7.45. The average molecular weight is 334 g/mol. The first-order valence-corrected chi connectivity index (χ1v) is 8.33. The Balaban J connectivity index is 1.80. The van der Waals surface area contributed by atoms with Gasteiger partial charge >= 0.3 is 0 Å². The van der Waals surface area contributed by atoms with Crippen molar-refractivity contribution in [3.63, 3.8) is 0 Å². The Kier molecular flexibility index (Phi) is 3.80. The fourth-order valence-electron chi connectivity index (χ4n) is 2.36. The van der Waals surface area contributed by atoms with E-state index in [0.717, 1.165) is 27.2 Å². The predicted molar refractivity (Wildman–Crippen MR) is 96.7 cm³/mol. The van der Waals surface area contributed by atoms with Crippen LogP contribution in [0.1, 0.15) is 0 Å². The second-order valence-corrected chi connectivity index (χ2v) is 6.02. The van der Waals surface area contributed by atoms with Crippen LogP contribution >= 0.6 is 11.3 Å². The molecule has 0 bridgehead atoms. The van der Waals surface area contributed by atoms with E-state index < -0.39 is 0 Å². The van der Waals surface area contributed by atoms with Crippen LogP contribution in [-0.2, 0) is 0 Å². The summed E-state index contributed by atoms with van der Waals surface area (Å²) in [5.41, 5.74) is 2.77. The van der Waals surface area contributed by atoms with Crippen molar-refractivity contribution in [2.75, 3.05) is 12.4 Å². The number of rotatable bonds is 4. The van der Waals surface area contributed by atoms with Gasteiger partial charge in [0.15, 0.2) is 5.82 Å². The normalized spacial score (nSPS) is 10.7. The number of hydrogen-bond donors (Lipinski definition) is 1. The van der Waals surface area contributed by atoms with E-state index in [9.17, 15) is 0 Å². The number of hydrogen-bond acceptors (Lipinski definition) is 6. The van der Waals surface area contributed by atoms with Crippen molar-refractivity contribution in [3.05, 3.63) is 60.2 Å². The molecule has 4 aromatic rings. The number of nitrogens with zero attached hydrogens (tertiary/aromatic N) is 3. The van der Waals surface area contributed by atoms with Crippen LogP contribution in [0.4, 0.5) is 5.69 Å². The molecule has 0 aliphatic carbocycles. The molecule has 4 rings (SSSR count). The molecule has 0 fully saturated rings. The summed E-state index contributed by atoms with van der Waals surface area (Å²) >= 11 is 1.57. The topological polar surface area (TPSA) is 59.9 Å². The highest BCUT2D eigenvalue weighted by molar-refractivity contribution is 7.17. The van der Waals surface area contributed by atoms with E-state index in [4.69, 9.17) is 4.74 Å². The molecule has 0 aliphatic heterocycles. The highest BCUT2D eigenvalue weighted by Gasteiger charge is 2.12. The molecule has 0 saturated heterocycles. The van der Waals surface area contributed by atoms with Gasteiger partial charge in [0.1, 0.15) is 10.4 Å². The van der Waals surface area contributed by atoms with Crippen LogP contribution in [0, 0.1) is 0 Å². The van der Waals surface area contributed by atoms with Crippen molar-refractivity contribution in [2.45, 2.75) is 0 Å². The Morgan fingerprint density at radius 3 is 2.75 bits per heavy atom. The van der Waals surface area contributed by atoms with Crippen molar-refractivity contribution in [3.8, 4) is 23.0 Å². The maximum atomic E-state index is 6.06. The Morgan fingerprint density at radius 1 is 1.04 bits per heavy atom. The number of ether oxygens (including phenoxy) is 1. The predicted octanol–water partition coefficient (Wildman–Crippen LogP) is 4.59. The monoisotopic (exact) mass is 334 g/mol. The first kappa shape index (κ1) is 14.6. The summed E-state index contributed by atoms with van der Waals surface area (Å²) in [7, 11) is 1.88. The molecule has 0 atom stereocenters. The molecule has 0 radical (unpaired) electrons. The molecular weight excluding hydrogens is 320 g/mol. The lowest BCUT2D eigenvalue weighted by atomic mass is 10.2. The molecule has 0 amide bonds. The van der Waals surface area contributed by atoms with Crippen LogP contribution in [0.15, 0.2) is 60.2 Å². The standard InChI is InChI=1S/C18H14N4OS/c1-19-13-3-2-4-14(11-13)23-18-16-15(7-10-24-16)21-17(22-18)12-5-8-20-9-6-12/h2-11,19H,1H3. The van der Waals surface area contributed by atoms with Crippen molar-refractivity contribution in [1.29, 1.82) is 0 Å². The van der Waals surface area contributed by atoms with Gasteiger partial charge in [0.05, 0.1) is 5.52 Å². The summed E-state index contributed by atoms with van der Waals surface area (Å²) in [5.74, 6) is 1.93. The summed E-state index contributed by atoms with van der Waals surface area (Å²) in [4.78, 5) is 13.3. The molecule has 0 aliphatic rings. The molecule has 6 heteroatoms. The summed E-state index contributed by atoms with van der Waals surface area (Å²) in [5, 5.41) is 5.10.